The maximum Gasteiger partial charge on any atom is 0.353 e. The number of β-lactam (4-membered cyclic amide) rings is 1. The molecule has 15 heteroatoms. The van der Waals surface area contributed by atoms with E-state index >= 15 is 0 Å². The van der Waals surface area contributed by atoms with E-state index in [9.17, 15) is 29.7 Å². The average Bonchev–Trinajstić information content (AvgIpc) is 3.34. The predicted octanol–water partition coefficient (Wildman–Crippen LogP) is -0.991. The van der Waals surface area contributed by atoms with Gasteiger partial charge in [0.05, 0.1) is 31.1 Å². The van der Waals surface area contributed by atoms with E-state index in [2.05, 4.69) is 20.3 Å². The number of oxime groups is 1. The first-order valence-corrected chi connectivity index (χ1v) is 12.7. The lowest BCUT2D eigenvalue weighted by atomic mass is 9.96. The number of carbonyl (C=O) groups excluding carboxylic acids is 2. The van der Waals surface area contributed by atoms with Crippen molar-refractivity contribution < 1.29 is 39.0 Å². The van der Waals surface area contributed by atoms with E-state index in [1.807, 2.05) is 7.05 Å². The molecule has 0 aromatic carbocycles. The molecule has 3 aliphatic heterocycles. The van der Waals surface area contributed by atoms with Gasteiger partial charge >= 0.3 is 5.97 Å². The van der Waals surface area contributed by atoms with Gasteiger partial charge in [0.2, 0.25) is 5.91 Å². The van der Waals surface area contributed by atoms with Gasteiger partial charge in [-0.1, -0.05) is 23.0 Å². The van der Waals surface area contributed by atoms with Crippen molar-refractivity contribution in [3.8, 4) is 0 Å². The summed E-state index contributed by atoms with van der Waals surface area (Å²) in [6.07, 6.45) is 2.52. The third kappa shape index (κ3) is 4.71. The number of aliphatic carboxylic acids is 1. The van der Waals surface area contributed by atoms with Crippen LogP contribution >= 0.6 is 23.1 Å². The molecule has 36 heavy (non-hydrogen) atoms. The Morgan fingerprint density at radius 3 is 2.67 bits per heavy atom. The number of thiazole rings is 1. The second-order valence-corrected chi connectivity index (χ2v) is 11.3. The summed E-state index contributed by atoms with van der Waals surface area (Å²) in [6.45, 7) is 0.979. The van der Waals surface area contributed by atoms with E-state index in [1.165, 1.54) is 23.8 Å². The van der Waals surface area contributed by atoms with Crippen molar-refractivity contribution in [2.24, 2.45) is 5.16 Å². The lowest BCUT2D eigenvalue weighted by Crippen LogP contribution is -2.60. The van der Waals surface area contributed by atoms with Gasteiger partial charge in [-0.05, 0) is 6.08 Å². The normalized spacial score (nSPS) is 29.5. The van der Waals surface area contributed by atoms with Crippen molar-refractivity contribution in [1.82, 2.24) is 15.2 Å². The van der Waals surface area contributed by atoms with Crippen molar-refractivity contribution in [2.75, 3.05) is 39.5 Å². The van der Waals surface area contributed by atoms with Crippen LogP contribution in [0.5, 0.6) is 0 Å². The molecule has 2 saturated heterocycles. The van der Waals surface area contributed by atoms with Gasteiger partial charge in [0.15, 0.2) is 10.0 Å². The first-order chi connectivity index (χ1) is 17.0. The summed E-state index contributed by atoms with van der Waals surface area (Å²) in [6, 6.07) is 0. The number of quaternary nitrogens is 1. The summed E-state index contributed by atoms with van der Waals surface area (Å²) in [5.41, 5.74) is 6.05. The Bertz CT molecular complexity index is 1160. The Hall–Kier alpha value is -2.98. The number of carbonyl (C=O) groups is 3. The smallest absolute Gasteiger partial charge is 0.353 e. The molecule has 4 atom stereocenters. The third-order valence-corrected chi connectivity index (χ3v) is 8.49. The minimum absolute atomic E-state index is 0.0899. The molecule has 1 aromatic rings. The second-order valence-electron chi connectivity index (χ2n) is 8.97. The molecule has 0 spiro atoms. The molecule has 4 heterocycles. The molecule has 1 aromatic heterocycles. The highest BCUT2D eigenvalue weighted by Gasteiger charge is 2.56. The summed E-state index contributed by atoms with van der Waals surface area (Å²) in [4.78, 5) is 46.4. The fraction of sp³-hybridized carbons (Fsp3) is 0.476. The Kier molecular flexibility index (Phi) is 7.12. The Morgan fingerprint density at radius 1 is 1.42 bits per heavy atom. The topological polar surface area (TPSA) is 188 Å². The highest BCUT2D eigenvalue weighted by atomic mass is 32.2. The van der Waals surface area contributed by atoms with E-state index in [-0.39, 0.29) is 28.7 Å². The Morgan fingerprint density at radius 2 is 2.11 bits per heavy atom. The zero-order valence-corrected chi connectivity index (χ0v) is 21.2. The monoisotopic (exact) mass is 539 g/mol. The number of hydrogen-bond donors (Lipinski definition) is 5. The van der Waals surface area contributed by atoms with Crippen molar-refractivity contribution in [2.45, 2.75) is 28.9 Å². The quantitative estimate of drug-likeness (QED) is 0.119. The number of likely N-dealkylation sites (N-methyl/N-ethyl adjacent to an activating group) is 1. The molecule has 0 saturated carbocycles. The highest BCUT2D eigenvalue weighted by Crippen LogP contribution is 2.54. The van der Waals surface area contributed by atoms with E-state index in [4.69, 9.17) is 5.73 Å². The molecule has 4 rings (SSSR count). The Balaban J connectivity index is 1.83. The van der Waals surface area contributed by atoms with Gasteiger partial charge in [0, 0.05) is 11.0 Å². The number of anilines is 1. The van der Waals surface area contributed by atoms with Crippen molar-refractivity contribution in [3.63, 3.8) is 0 Å². The van der Waals surface area contributed by atoms with Crippen LogP contribution in [-0.4, -0.2) is 105 Å². The number of nitrogens with zero attached hydrogens (tertiary/aromatic N) is 4. The molecule has 0 bridgehead atoms. The van der Waals surface area contributed by atoms with E-state index in [1.54, 1.807) is 17.5 Å². The van der Waals surface area contributed by atoms with Crippen LogP contribution in [0.2, 0.25) is 0 Å². The minimum Gasteiger partial charge on any atom is -0.477 e. The zero-order chi connectivity index (χ0) is 26.3. The molecule has 2 fully saturated rings. The third-order valence-electron chi connectivity index (χ3n) is 6.28. The predicted molar refractivity (Wildman–Crippen MR) is 131 cm³/mol. The molecule has 0 aliphatic carbocycles. The number of nitrogen functional groups attached to an aromatic ring is 1. The summed E-state index contributed by atoms with van der Waals surface area (Å²) in [7, 11) is 3.14. The number of amides is 2. The highest BCUT2D eigenvalue weighted by molar-refractivity contribution is 8.01. The van der Waals surface area contributed by atoms with Gasteiger partial charge in [0.1, 0.15) is 44.3 Å². The molecule has 13 nitrogen and oxygen atoms in total. The van der Waals surface area contributed by atoms with Gasteiger partial charge in [-0.2, -0.15) is 0 Å². The van der Waals surface area contributed by atoms with Crippen molar-refractivity contribution in [3.05, 3.63) is 34.5 Å². The fourth-order valence-electron chi connectivity index (χ4n) is 4.64. The number of aliphatic hydroxyl groups excluding tert-OH is 2. The van der Waals surface area contributed by atoms with Crippen LogP contribution in [0.25, 0.3) is 0 Å². The number of nitrogens with one attached hydrogen (secondary N) is 1. The van der Waals surface area contributed by atoms with Crippen LogP contribution in [0.15, 0.2) is 34.0 Å². The molecule has 1 unspecified atom stereocenters. The molecule has 6 N–H and O–H groups in total. The standard InChI is InChI=1S/C21H26N6O7S2/c1-27(8-12(28)13(29)9-27)5-3-4-11-18(19(32)33)26-16(31)6-17(26)36-21(11,14-10-35-20(22)24-14)25-15(30)7-23-34-2/h3-4,7,10,12-13,17,28-29H,5-6,8-9H2,1-2H3,(H3-,22,24,25,30,32,33)/p+1/b4-3-,23-7?/t12-,13-,17-,21?/m0/s1. The zero-order valence-electron chi connectivity index (χ0n) is 19.5. The molecule has 3 aliphatic rings. The second kappa shape index (κ2) is 9.82. The van der Waals surface area contributed by atoms with Crippen molar-refractivity contribution >= 4 is 52.2 Å². The number of fused-ring (bicyclic) bond motifs is 1. The first kappa shape index (κ1) is 26.1. The van der Waals surface area contributed by atoms with Crippen LogP contribution in [0.4, 0.5) is 5.13 Å². The summed E-state index contributed by atoms with van der Waals surface area (Å²) in [5, 5.41) is 37.8. The maximum atomic E-state index is 12.8. The molecule has 2 amide bonds. The van der Waals surface area contributed by atoms with E-state index in [0.717, 1.165) is 17.6 Å². The first-order valence-electron chi connectivity index (χ1n) is 10.9. The summed E-state index contributed by atoms with van der Waals surface area (Å²) < 4.78 is 0.316. The molecular formula is C21H27N6O7S2+. The maximum absolute atomic E-state index is 12.8. The van der Waals surface area contributed by atoms with E-state index in [0.29, 0.717) is 29.8 Å². The van der Waals surface area contributed by atoms with Gasteiger partial charge in [-0.25, -0.2) is 9.78 Å². The lowest BCUT2D eigenvalue weighted by Gasteiger charge is -2.50. The number of nitrogens with two attached hydrogens (primary N) is 1. The number of likely N-dealkylation sites (tertiary alicyclic amines) is 1. The lowest BCUT2D eigenvalue weighted by molar-refractivity contribution is -0.894. The molecule has 0 radical (unpaired) electrons. The van der Waals surface area contributed by atoms with Crippen LogP contribution in [0.3, 0.4) is 0 Å². The van der Waals surface area contributed by atoms with Crippen LogP contribution in [0.1, 0.15) is 12.1 Å². The van der Waals surface area contributed by atoms with Crippen LogP contribution in [-0.2, 0) is 24.1 Å². The number of hydrogen-bond acceptors (Lipinski definition) is 11. The van der Waals surface area contributed by atoms with Gasteiger partial charge in [0.25, 0.3) is 5.91 Å². The van der Waals surface area contributed by atoms with Crippen LogP contribution in [0, 0.1) is 0 Å². The number of thioether (sulfide) groups is 1. The summed E-state index contributed by atoms with van der Waals surface area (Å²) >= 11 is 2.30. The van der Waals surface area contributed by atoms with Crippen LogP contribution < -0.4 is 11.1 Å². The van der Waals surface area contributed by atoms with Gasteiger partial charge in [-0.3, -0.25) is 14.5 Å². The molecular weight excluding hydrogens is 512 g/mol. The number of carboxylic acids is 1. The number of aromatic nitrogens is 1. The number of carboxylic acid groups (broad SMARTS) is 1. The number of rotatable bonds is 8. The van der Waals surface area contributed by atoms with Gasteiger partial charge < -0.3 is 35.7 Å². The largest absolute Gasteiger partial charge is 0.477 e. The average molecular weight is 540 g/mol. The molecule has 194 valence electrons. The van der Waals surface area contributed by atoms with E-state index < -0.39 is 34.3 Å². The van der Waals surface area contributed by atoms with Crippen molar-refractivity contribution in [1.29, 1.82) is 0 Å². The SMILES string of the molecule is CON=CC(=O)NC1(c2csc(N)n2)S[C@H]2CC(=O)N2C(C(=O)O)=C1/C=C\C[N+]1(C)C[C@H](O)[C@@H](O)C1. The Labute approximate surface area is 214 Å². The minimum atomic E-state index is -1.50. The number of aliphatic hydroxyl groups is 2. The summed E-state index contributed by atoms with van der Waals surface area (Å²) in [5.74, 6) is -2.36. The van der Waals surface area contributed by atoms with Gasteiger partial charge in [-0.15, -0.1) is 11.3 Å². The fourth-order valence-corrected chi connectivity index (χ4v) is 6.97.